The molecule has 3 aromatic rings. The van der Waals surface area contributed by atoms with Crippen molar-refractivity contribution in [3.05, 3.63) is 65.0 Å². The molecular weight excluding hydrogens is 226 g/mol. The Kier molecular flexibility index (Phi) is 2.38. The van der Waals surface area contributed by atoms with Crippen LogP contribution in [0.2, 0.25) is 0 Å². The van der Waals surface area contributed by atoms with Crippen LogP contribution in [0.4, 0.5) is 5.69 Å². The Labute approximate surface area is 103 Å². The molecule has 3 nitrogen and oxygen atoms in total. The highest BCUT2D eigenvalue weighted by atomic mass is 16.3. The third kappa shape index (κ3) is 1.76. The molecule has 0 saturated heterocycles. The smallest absolute Gasteiger partial charge is 0.192 e. The first kappa shape index (κ1) is 10.6. The summed E-state index contributed by atoms with van der Waals surface area (Å²) in [6.45, 7) is 0. The average Bonchev–Trinajstić information content (AvgIpc) is 2.40. The van der Waals surface area contributed by atoms with Gasteiger partial charge in [0.2, 0.25) is 0 Å². The van der Waals surface area contributed by atoms with Crippen molar-refractivity contribution < 1.29 is 4.42 Å². The van der Waals surface area contributed by atoms with Crippen molar-refractivity contribution in [2.24, 2.45) is 0 Å². The molecule has 18 heavy (non-hydrogen) atoms. The zero-order chi connectivity index (χ0) is 12.5. The van der Waals surface area contributed by atoms with Crippen molar-refractivity contribution in [3.63, 3.8) is 0 Å². The molecule has 2 aromatic carbocycles. The molecule has 0 amide bonds. The minimum absolute atomic E-state index is 0.0338. The first-order valence-electron chi connectivity index (χ1n) is 5.61. The highest BCUT2D eigenvalue weighted by Gasteiger charge is 2.03. The number of hydrogen-bond donors (Lipinski definition) is 1. The zero-order valence-corrected chi connectivity index (χ0v) is 9.59. The van der Waals surface area contributed by atoms with E-state index in [9.17, 15) is 4.79 Å². The Bertz CT molecular complexity index is 757. The maximum absolute atomic E-state index is 11.7. The van der Waals surface area contributed by atoms with Gasteiger partial charge in [0.1, 0.15) is 5.58 Å². The van der Waals surface area contributed by atoms with Crippen LogP contribution in [0.25, 0.3) is 22.1 Å². The number of nitrogens with two attached hydrogens (primary N) is 1. The lowest BCUT2D eigenvalue weighted by molar-refractivity contribution is 0.602. The van der Waals surface area contributed by atoms with Gasteiger partial charge in [0.25, 0.3) is 0 Å². The lowest BCUT2D eigenvalue weighted by Crippen LogP contribution is -1.97. The van der Waals surface area contributed by atoms with E-state index in [1.54, 1.807) is 0 Å². The molecule has 0 saturated carbocycles. The lowest BCUT2D eigenvalue weighted by atomic mass is 10.0. The van der Waals surface area contributed by atoms with Gasteiger partial charge in [-0.2, -0.15) is 0 Å². The van der Waals surface area contributed by atoms with Crippen LogP contribution in [0.15, 0.2) is 64.0 Å². The molecular formula is C15H11NO2. The number of hydrogen-bond acceptors (Lipinski definition) is 3. The Morgan fingerprint density at radius 3 is 2.39 bits per heavy atom. The van der Waals surface area contributed by atoms with Gasteiger partial charge in [-0.3, -0.25) is 4.79 Å². The number of fused-ring (bicyclic) bond motifs is 1. The second-order valence-electron chi connectivity index (χ2n) is 4.12. The Morgan fingerprint density at radius 1 is 0.889 bits per heavy atom. The molecule has 0 unspecified atom stereocenters. The minimum Gasteiger partial charge on any atom is -0.464 e. The fraction of sp³-hybridized carbons (Fsp3) is 0. The van der Waals surface area contributed by atoms with Gasteiger partial charge in [0.15, 0.2) is 5.43 Å². The Morgan fingerprint density at radius 2 is 1.61 bits per heavy atom. The first-order valence-corrected chi connectivity index (χ1v) is 5.61. The Balaban J connectivity index is 2.22. The summed E-state index contributed by atoms with van der Waals surface area (Å²) in [4.78, 5) is 11.7. The SMILES string of the molecule is Nc1ccc(-c2ccc3occc(=O)c3c2)cc1. The predicted molar refractivity (Wildman–Crippen MR) is 72.3 cm³/mol. The number of rotatable bonds is 1. The maximum Gasteiger partial charge on any atom is 0.192 e. The fourth-order valence-electron chi connectivity index (χ4n) is 1.94. The molecule has 3 rings (SSSR count). The summed E-state index contributed by atoms with van der Waals surface area (Å²) >= 11 is 0. The molecule has 1 aromatic heterocycles. The predicted octanol–water partition coefficient (Wildman–Crippen LogP) is 3.04. The summed E-state index contributed by atoms with van der Waals surface area (Å²) in [6, 6.07) is 14.5. The third-order valence-electron chi connectivity index (χ3n) is 2.90. The van der Waals surface area contributed by atoms with Crippen LogP contribution in [-0.4, -0.2) is 0 Å². The van der Waals surface area contributed by atoms with Gasteiger partial charge in [-0.1, -0.05) is 18.2 Å². The molecule has 0 atom stereocenters. The van der Waals surface area contributed by atoms with Crippen LogP contribution in [-0.2, 0) is 0 Å². The quantitative estimate of drug-likeness (QED) is 0.662. The maximum atomic E-state index is 11.7. The van der Waals surface area contributed by atoms with Crippen LogP contribution in [0.3, 0.4) is 0 Å². The molecule has 0 fully saturated rings. The fourth-order valence-corrected chi connectivity index (χ4v) is 1.94. The van der Waals surface area contributed by atoms with Crippen molar-refractivity contribution in [3.8, 4) is 11.1 Å². The summed E-state index contributed by atoms with van der Waals surface area (Å²) in [5.74, 6) is 0. The van der Waals surface area contributed by atoms with Gasteiger partial charge in [-0.05, 0) is 35.4 Å². The van der Waals surface area contributed by atoms with Gasteiger partial charge in [0.05, 0.1) is 11.6 Å². The molecule has 0 bridgehead atoms. The van der Waals surface area contributed by atoms with Crippen LogP contribution in [0, 0.1) is 0 Å². The molecule has 0 aliphatic carbocycles. The molecule has 0 radical (unpaired) electrons. The monoisotopic (exact) mass is 237 g/mol. The van der Waals surface area contributed by atoms with Crippen molar-refractivity contribution >= 4 is 16.7 Å². The zero-order valence-electron chi connectivity index (χ0n) is 9.59. The minimum atomic E-state index is -0.0338. The summed E-state index contributed by atoms with van der Waals surface area (Å²) < 4.78 is 5.28. The second kappa shape index (κ2) is 4.04. The summed E-state index contributed by atoms with van der Waals surface area (Å²) in [5, 5.41) is 0.590. The van der Waals surface area contributed by atoms with Crippen LogP contribution in [0.5, 0.6) is 0 Å². The molecule has 0 spiro atoms. The average molecular weight is 237 g/mol. The van der Waals surface area contributed by atoms with E-state index in [1.807, 2.05) is 42.5 Å². The van der Waals surface area contributed by atoms with E-state index < -0.39 is 0 Å². The van der Waals surface area contributed by atoms with Gasteiger partial charge in [0, 0.05) is 11.8 Å². The van der Waals surface area contributed by atoms with E-state index in [0.29, 0.717) is 11.0 Å². The summed E-state index contributed by atoms with van der Waals surface area (Å²) in [7, 11) is 0. The van der Waals surface area contributed by atoms with E-state index in [-0.39, 0.29) is 5.43 Å². The third-order valence-corrected chi connectivity index (χ3v) is 2.90. The van der Waals surface area contributed by atoms with E-state index >= 15 is 0 Å². The summed E-state index contributed by atoms with van der Waals surface area (Å²) in [5.41, 5.74) is 8.94. The van der Waals surface area contributed by atoms with E-state index in [4.69, 9.17) is 10.2 Å². The molecule has 1 heterocycles. The normalized spacial score (nSPS) is 10.7. The highest BCUT2D eigenvalue weighted by Crippen LogP contribution is 2.23. The molecule has 3 heteroatoms. The first-order chi connectivity index (χ1) is 8.74. The second-order valence-corrected chi connectivity index (χ2v) is 4.12. The van der Waals surface area contributed by atoms with Gasteiger partial charge >= 0.3 is 0 Å². The molecule has 0 aliphatic rings. The molecule has 88 valence electrons. The number of nitrogen functional groups attached to an aromatic ring is 1. The Hall–Kier alpha value is -2.55. The van der Waals surface area contributed by atoms with Crippen molar-refractivity contribution in [1.29, 1.82) is 0 Å². The largest absolute Gasteiger partial charge is 0.464 e. The molecule has 2 N–H and O–H groups in total. The lowest BCUT2D eigenvalue weighted by Gasteiger charge is -2.03. The number of benzene rings is 2. The van der Waals surface area contributed by atoms with Crippen LogP contribution < -0.4 is 11.2 Å². The highest BCUT2D eigenvalue weighted by molar-refractivity contribution is 5.83. The van der Waals surface area contributed by atoms with Crippen LogP contribution >= 0.6 is 0 Å². The topological polar surface area (TPSA) is 56.2 Å². The number of anilines is 1. The van der Waals surface area contributed by atoms with Crippen LogP contribution in [0.1, 0.15) is 0 Å². The van der Waals surface area contributed by atoms with Crippen molar-refractivity contribution in [1.82, 2.24) is 0 Å². The van der Waals surface area contributed by atoms with E-state index in [0.717, 1.165) is 16.8 Å². The summed E-state index contributed by atoms with van der Waals surface area (Å²) in [6.07, 6.45) is 1.41. The van der Waals surface area contributed by atoms with Crippen molar-refractivity contribution in [2.75, 3.05) is 5.73 Å². The van der Waals surface area contributed by atoms with E-state index in [2.05, 4.69) is 0 Å². The van der Waals surface area contributed by atoms with E-state index in [1.165, 1.54) is 12.3 Å². The standard InChI is InChI=1S/C15H11NO2/c16-12-4-1-10(2-5-12)11-3-6-15-13(9-11)14(17)7-8-18-15/h1-9H,16H2. The van der Waals surface area contributed by atoms with Gasteiger partial charge in [-0.25, -0.2) is 0 Å². The van der Waals surface area contributed by atoms with Gasteiger partial charge < -0.3 is 10.2 Å². The van der Waals surface area contributed by atoms with Crippen molar-refractivity contribution in [2.45, 2.75) is 0 Å². The molecule has 0 aliphatic heterocycles. The van der Waals surface area contributed by atoms with Gasteiger partial charge in [-0.15, -0.1) is 0 Å².